The minimum Gasteiger partial charge on any atom is -0.492 e. The van der Waals surface area contributed by atoms with Gasteiger partial charge in [-0.25, -0.2) is 8.42 Å². The van der Waals surface area contributed by atoms with E-state index in [9.17, 15) is 8.42 Å². The fraction of sp³-hybridized carbons (Fsp3) is 0.188. The zero-order valence-corrected chi connectivity index (χ0v) is 14.0. The highest BCUT2D eigenvalue weighted by Crippen LogP contribution is 2.20. The Hall–Kier alpha value is -2.23. The van der Waals surface area contributed by atoms with Gasteiger partial charge in [0.2, 0.25) is 0 Å². The van der Waals surface area contributed by atoms with E-state index in [-0.39, 0.29) is 4.90 Å². The van der Waals surface area contributed by atoms with Crippen molar-refractivity contribution in [2.45, 2.75) is 4.90 Å². The van der Waals surface area contributed by atoms with E-state index < -0.39 is 9.84 Å². The Morgan fingerprint density at radius 3 is 2.48 bits per heavy atom. The van der Waals surface area contributed by atoms with Crippen LogP contribution in [0.25, 0.3) is 0 Å². The van der Waals surface area contributed by atoms with Gasteiger partial charge in [0.15, 0.2) is 9.84 Å². The molecule has 7 heteroatoms. The molecule has 0 spiro atoms. The molecule has 0 saturated carbocycles. The highest BCUT2D eigenvalue weighted by Gasteiger charge is 2.06. The zero-order valence-electron chi connectivity index (χ0n) is 12.4. The summed E-state index contributed by atoms with van der Waals surface area (Å²) in [5.41, 5.74) is 1.23. The molecule has 0 unspecified atom stereocenters. The minimum atomic E-state index is -3.19. The number of rotatable bonds is 6. The molecule has 0 amide bonds. The average molecular weight is 351 g/mol. The molecule has 0 aliphatic rings. The Bertz CT molecular complexity index is 827. The van der Waals surface area contributed by atoms with Gasteiger partial charge in [-0.1, -0.05) is 11.6 Å². The van der Waals surface area contributed by atoms with Crippen LogP contribution >= 0.6 is 11.6 Å². The quantitative estimate of drug-likeness (QED) is 0.810. The van der Waals surface area contributed by atoms with Crippen LogP contribution in [-0.4, -0.2) is 27.8 Å². The first-order valence-corrected chi connectivity index (χ1v) is 9.03. The third kappa shape index (κ3) is 4.88. The van der Waals surface area contributed by atoms with E-state index in [2.05, 4.69) is 5.32 Å². The molecule has 0 radical (unpaired) electrons. The van der Waals surface area contributed by atoms with Crippen molar-refractivity contribution in [3.8, 4) is 11.8 Å². The second-order valence-electron chi connectivity index (χ2n) is 4.83. The first-order chi connectivity index (χ1) is 10.9. The number of nitrogens with one attached hydrogen (secondary N) is 1. The van der Waals surface area contributed by atoms with Crippen LogP contribution in [0.4, 0.5) is 5.69 Å². The van der Waals surface area contributed by atoms with Gasteiger partial charge in [0, 0.05) is 18.5 Å². The number of anilines is 1. The van der Waals surface area contributed by atoms with Crippen molar-refractivity contribution < 1.29 is 13.2 Å². The SMILES string of the molecule is CS(=O)(=O)c1ccc(OCCNc2ccc(C#N)c(Cl)c2)cc1. The van der Waals surface area contributed by atoms with Gasteiger partial charge < -0.3 is 10.1 Å². The van der Waals surface area contributed by atoms with Crippen molar-refractivity contribution in [3.63, 3.8) is 0 Å². The fourth-order valence-corrected chi connectivity index (χ4v) is 2.72. The largest absolute Gasteiger partial charge is 0.492 e. The first-order valence-electron chi connectivity index (χ1n) is 6.76. The molecule has 2 rings (SSSR count). The molecule has 0 aliphatic heterocycles. The molecular weight excluding hydrogens is 336 g/mol. The fourth-order valence-electron chi connectivity index (χ4n) is 1.86. The first kappa shape index (κ1) is 17.1. The summed E-state index contributed by atoms with van der Waals surface area (Å²) in [7, 11) is -3.19. The summed E-state index contributed by atoms with van der Waals surface area (Å²) in [6.07, 6.45) is 1.16. The molecule has 0 fully saturated rings. The molecule has 0 bridgehead atoms. The molecule has 2 aromatic carbocycles. The second-order valence-corrected chi connectivity index (χ2v) is 7.25. The topological polar surface area (TPSA) is 79.2 Å². The summed E-state index contributed by atoms with van der Waals surface area (Å²) >= 11 is 5.95. The van der Waals surface area contributed by atoms with Crippen molar-refractivity contribution in [2.24, 2.45) is 0 Å². The van der Waals surface area contributed by atoms with E-state index in [1.807, 2.05) is 6.07 Å². The third-order valence-corrected chi connectivity index (χ3v) is 4.48. The number of hydrogen-bond donors (Lipinski definition) is 1. The summed E-state index contributed by atoms with van der Waals surface area (Å²) in [5.74, 6) is 0.595. The summed E-state index contributed by atoms with van der Waals surface area (Å²) in [4.78, 5) is 0.259. The average Bonchev–Trinajstić information content (AvgIpc) is 2.51. The van der Waals surface area contributed by atoms with Crippen LogP contribution in [0.3, 0.4) is 0 Å². The van der Waals surface area contributed by atoms with Gasteiger partial charge in [0.05, 0.1) is 15.5 Å². The lowest BCUT2D eigenvalue weighted by molar-refractivity contribution is 0.332. The van der Waals surface area contributed by atoms with Crippen LogP contribution < -0.4 is 10.1 Å². The molecular formula is C16H15ClN2O3S. The third-order valence-electron chi connectivity index (χ3n) is 3.04. The Balaban J connectivity index is 1.84. The van der Waals surface area contributed by atoms with Gasteiger partial charge in [-0.3, -0.25) is 0 Å². The Morgan fingerprint density at radius 1 is 1.22 bits per heavy atom. The maximum atomic E-state index is 11.4. The van der Waals surface area contributed by atoms with Crippen LogP contribution in [0, 0.1) is 11.3 Å². The highest BCUT2D eigenvalue weighted by atomic mass is 35.5. The molecule has 0 saturated heterocycles. The summed E-state index contributed by atoms with van der Waals surface area (Å²) in [6, 6.07) is 13.4. The van der Waals surface area contributed by atoms with Gasteiger partial charge >= 0.3 is 0 Å². The van der Waals surface area contributed by atoms with E-state index in [4.69, 9.17) is 21.6 Å². The van der Waals surface area contributed by atoms with Gasteiger partial charge in [0.25, 0.3) is 0 Å². The normalized spacial score (nSPS) is 10.8. The van der Waals surface area contributed by atoms with Gasteiger partial charge in [-0.2, -0.15) is 5.26 Å². The van der Waals surface area contributed by atoms with Crippen molar-refractivity contribution in [2.75, 3.05) is 24.7 Å². The van der Waals surface area contributed by atoms with Crippen LogP contribution in [0.1, 0.15) is 5.56 Å². The standard InChI is InChI=1S/C16H15ClN2O3S/c1-23(20,21)15-6-4-14(5-7-15)22-9-8-19-13-3-2-12(11-18)16(17)10-13/h2-7,10,19H,8-9H2,1H3. The number of benzene rings is 2. The predicted octanol–water partition coefficient (Wildman–Crippen LogP) is 3.11. The van der Waals surface area contributed by atoms with Gasteiger partial charge in [-0.15, -0.1) is 0 Å². The van der Waals surface area contributed by atoms with Crippen molar-refractivity contribution in [1.82, 2.24) is 0 Å². The van der Waals surface area contributed by atoms with Crippen LogP contribution in [0.15, 0.2) is 47.4 Å². The Morgan fingerprint density at radius 2 is 1.91 bits per heavy atom. The Kier molecular flexibility index (Phi) is 5.48. The van der Waals surface area contributed by atoms with Crippen molar-refractivity contribution in [1.29, 1.82) is 5.26 Å². The van der Waals surface area contributed by atoms with E-state index in [0.29, 0.717) is 29.5 Å². The van der Waals surface area contributed by atoms with E-state index in [0.717, 1.165) is 11.9 Å². The number of ether oxygens (including phenoxy) is 1. The second kappa shape index (κ2) is 7.36. The molecule has 23 heavy (non-hydrogen) atoms. The molecule has 2 aromatic rings. The van der Waals surface area contributed by atoms with Gasteiger partial charge in [0.1, 0.15) is 18.4 Å². The van der Waals surface area contributed by atoms with Gasteiger partial charge in [-0.05, 0) is 42.5 Å². The summed E-state index contributed by atoms with van der Waals surface area (Å²) in [6.45, 7) is 0.936. The molecule has 0 aromatic heterocycles. The minimum absolute atomic E-state index is 0.259. The van der Waals surface area contributed by atoms with Crippen LogP contribution in [0.5, 0.6) is 5.75 Å². The van der Waals surface area contributed by atoms with E-state index in [1.165, 1.54) is 12.1 Å². The monoisotopic (exact) mass is 350 g/mol. The molecule has 0 heterocycles. The molecule has 120 valence electrons. The van der Waals surface area contributed by atoms with Crippen LogP contribution in [-0.2, 0) is 9.84 Å². The van der Waals surface area contributed by atoms with Crippen molar-refractivity contribution >= 4 is 27.1 Å². The van der Waals surface area contributed by atoms with E-state index in [1.54, 1.807) is 30.3 Å². The lowest BCUT2D eigenvalue weighted by Gasteiger charge is -2.09. The summed E-state index contributed by atoms with van der Waals surface area (Å²) in [5, 5.41) is 12.3. The maximum Gasteiger partial charge on any atom is 0.175 e. The van der Waals surface area contributed by atoms with Crippen molar-refractivity contribution in [3.05, 3.63) is 53.1 Å². The molecule has 1 N–H and O–H groups in total. The number of hydrogen-bond acceptors (Lipinski definition) is 5. The predicted molar refractivity (Wildman–Crippen MR) is 89.7 cm³/mol. The number of nitriles is 1. The van der Waals surface area contributed by atoms with Crippen LogP contribution in [0.2, 0.25) is 5.02 Å². The number of nitrogens with zero attached hydrogens (tertiary/aromatic N) is 1. The molecule has 5 nitrogen and oxygen atoms in total. The lowest BCUT2D eigenvalue weighted by Crippen LogP contribution is -2.11. The van der Waals surface area contributed by atoms with E-state index >= 15 is 0 Å². The highest BCUT2D eigenvalue weighted by molar-refractivity contribution is 7.90. The lowest BCUT2D eigenvalue weighted by atomic mass is 10.2. The number of halogens is 1. The molecule has 0 atom stereocenters. The summed E-state index contributed by atoms with van der Waals surface area (Å²) < 4.78 is 28.2. The maximum absolute atomic E-state index is 11.4. The zero-order chi connectivity index (χ0) is 16.9. The Labute approximate surface area is 140 Å². The number of sulfone groups is 1. The smallest absolute Gasteiger partial charge is 0.175 e. The molecule has 0 aliphatic carbocycles.